The molecule has 100 valence electrons. The second kappa shape index (κ2) is 4.57. The quantitative estimate of drug-likeness (QED) is 0.732. The lowest BCUT2D eigenvalue weighted by Crippen LogP contribution is -1.92. The zero-order valence-corrected chi connectivity index (χ0v) is 11.5. The third-order valence-corrected chi connectivity index (χ3v) is 3.89. The molecule has 1 atom stereocenters. The van der Waals surface area contributed by atoms with Crippen LogP contribution in [0.5, 0.6) is 5.75 Å². The molecule has 0 amide bonds. The molecule has 3 heteroatoms. The van der Waals surface area contributed by atoms with Gasteiger partial charge in [-0.15, -0.1) is 0 Å². The van der Waals surface area contributed by atoms with E-state index < -0.39 is 0 Å². The lowest BCUT2D eigenvalue weighted by atomic mass is 9.95. The summed E-state index contributed by atoms with van der Waals surface area (Å²) in [5.41, 5.74) is 2.93. The van der Waals surface area contributed by atoms with Gasteiger partial charge in [0.05, 0.1) is 11.6 Å². The fraction of sp³-hybridized carbons (Fsp3) is 0.235. The van der Waals surface area contributed by atoms with Crippen molar-refractivity contribution in [3.05, 3.63) is 41.5 Å². The maximum Gasteiger partial charge on any atom is 0.142 e. The molecule has 0 unspecified atom stereocenters. The summed E-state index contributed by atoms with van der Waals surface area (Å²) in [7, 11) is 0. The summed E-state index contributed by atoms with van der Waals surface area (Å²) in [4.78, 5) is 0. The van der Waals surface area contributed by atoms with E-state index in [2.05, 4.69) is 19.9 Å². The molecule has 0 aliphatic heterocycles. The molecular weight excluding hydrogens is 250 g/mol. The van der Waals surface area contributed by atoms with Crippen molar-refractivity contribution in [1.82, 2.24) is 0 Å². The van der Waals surface area contributed by atoms with Gasteiger partial charge in [0.25, 0.3) is 0 Å². The van der Waals surface area contributed by atoms with Crippen LogP contribution in [0.2, 0.25) is 0 Å². The Bertz CT molecular complexity index is 839. The van der Waals surface area contributed by atoms with Gasteiger partial charge in [-0.2, -0.15) is 5.26 Å². The van der Waals surface area contributed by atoms with Gasteiger partial charge in [0.2, 0.25) is 0 Å². The Morgan fingerprint density at radius 2 is 2.05 bits per heavy atom. The van der Waals surface area contributed by atoms with Crippen LogP contribution >= 0.6 is 0 Å². The number of nitrogens with zero attached hydrogens (tertiary/aromatic N) is 1. The average Bonchev–Trinajstić information content (AvgIpc) is 2.83. The number of hydrogen-bond donors (Lipinski definition) is 1. The number of hydrogen-bond acceptors (Lipinski definition) is 3. The molecule has 3 nitrogen and oxygen atoms in total. The zero-order valence-electron chi connectivity index (χ0n) is 11.5. The molecule has 0 radical (unpaired) electrons. The topological polar surface area (TPSA) is 57.2 Å². The van der Waals surface area contributed by atoms with E-state index in [4.69, 9.17) is 9.68 Å². The summed E-state index contributed by atoms with van der Waals surface area (Å²) < 4.78 is 5.92. The maximum absolute atomic E-state index is 10.1. The van der Waals surface area contributed by atoms with E-state index >= 15 is 0 Å². The monoisotopic (exact) mass is 265 g/mol. The third kappa shape index (κ3) is 1.73. The Labute approximate surface area is 117 Å². The Balaban J connectivity index is 2.42. The molecule has 0 fully saturated rings. The minimum atomic E-state index is 0.217. The molecule has 0 saturated heterocycles. The number of benzene rings is 2. The Morgan fingerprint density at radius 1 is 1.25 bits per heavy atom. The Hall–Kier alpha value is -2.47. The molecule has 0 spiro atoms. The minimum Gasteiger partial charge on any atom is -0.508 e. The molecule has 1 heterocycles. The SMILES string of the molecule is CC[C@@H](C)c1c(O)ccc2c1oc1ccc(C#N)cc12. The molecule has 20 heavy (non-hydrogen) atoms. The van der Waals surface area contributed by atoms with E-state index in [9.17, 15) is 5.11 Å². The molecule has 0 aliphatic rings. The number of furan rings is 1. The van der Waals surface area contributed by atoms with E-state index in [0.29, 0.717) is 5.56 Å². The van der Waals surface area contributed by atoms with Crippen LogP contribution in [-0.4, -0.2) is 5.11 Å². The lowest BCUT2D eigenvalue weighted by molar-refractivity contribution is 0.461. The highest BCUT2D eigenvalue weighted by Crippen LogP contribution is 2.39. The Kier molecular flexibility index (Phi) is 2.87. The number of fused-ring (bicyclic) bond motifs is 3. The van der Waals surface area contributed by atoms with E-state index in [-0.39, 0.29) is 11.7 Å². The normalized spacial score (nSPS) is 12.7. The van der Waals surface area contributed by atoms with Crippen LogP contribution in [0.3, 0.4) is 0 Å². The van der Waals surface area contributed by atoms with Crippen LogP contribution in [-0.2, 0) is 0 Å². The van der Waals surface area contributed by atoms with Crippen molar-refractivity contribution >= 4 is 21.9 Å². The largest absolute Gasteiger partial charge is 0.508 e. The number of nitriles is 1. The van der Waals surface area contributed by atoms with Crippen LogP contribution in [0.1, 0.15) is 37.3 Å². The van der Waals surface area contributed by atoms with Crippen LogP contribution in [0, 0.1) is 11.3 Å². The summed E-state index contributed by atoms with van der Waals surface area (Å²) in [6.07, 6.45) is 0.924. The summed E-state index contributed by atoms with van der Waals surface area (Å²) in [5.74, 6) is 0.487. The first-order chi connectivity index (χ1) is 9.65. The van der Waals surface area contributed by atoms with E-state index in [1.165, 1.54) is 0 Å². The van der Waals surface area contributed by atoms with Crippen molar-refractivity contribution in [1.29, 1.82) is 5.26 Å². The van der Waals surface area contributed by atoms with E-state index in [1.54, 1.807) is 12.1 Å². The molecule has 0 saturated carbocycles. The first kappa shape index (κ1) is 12.6. The van der Waals surface area contributed by atoms with Gasteiger partial charge < -0.3 is 9.52 Å². The molecule has 2 aromatic carbocycles. The summed E-state index contributed by atoms with van der Waals surface area (Å²) in [6.45, 7) is 4.15. The second-order valence-corrected chi connectivity index (χ2v) is 5.11. The number of aromatic hydroxyl groups is 1. The maximum atomic E-state index is 10.1. The van der Waals surface area contributed by atoms with Gasteiger partial charge in [-0.1, -0.05) is 13.8 Å². The van der Waals surface area contributed by atoms with Crippen LogP contribution in [0.25, 0.3) is 21.9 Å². The highest BCUT2D eigenvalue weighted by atomic mass is 16.3. The average molecular weight is 265 g/mol. The zero-order chi connectivity index (χ0) is 14.3. The highest BCUT2D eigenvalue weighted by Gasteiger charge is 2.18. The highest BCUT2D eigenvalue weighted by molar-refractivity contribution is 6.07. The molecule has 3 rings (SSSR count). The van der Waals surface area contributed by atoms with Gasteiger partial charge in [-0.05, 0) is 42.7 Å². The third-order valence-electron chi connectivity index (χ3n) is 3.89. The number of phenols is 1. The van der Waals surface area contributed by atoms with Gasteiger partial charge in [0.15, 0.2) is 0 Å². The smallest absolute Gasteiger partial charge is 0.142 e. The van der Waals surface area contributed by atoms with Crippen molar-refractivity contribution < 1.29 is 9.52 Å². The fourth-order valence-electron chi connectivity index (χ4n) is 2.60. The molecule has 1 N–H and O–H groups in total. The predicted molar refractivity (Wildman–Crippen MR) is 78.8 cm³/mol. The van der Waals surface area contributed by atoms with Crippen molar-refractivity contribution in [3.63, 3.8) is 0 Å². The minimum absolute atomic E-state index is 0.217. The summed E-state index contributed by atoms with van der Waals surface area (Å²) in [5, 5.41) is 21.0. The van der Waals surface area contributed by atoms with E-state index in [1.807, 2.05) is 18.2 Å². The van der Waals surface area contributed by atoms with Crippen molar-refractivity contribution in [2.75, 3.05) is 0 Å². The first-order valence-electron chi connectivity index (χ1n) is 6.74. The second-order valence-electron chi connectivity index (χ2n) is 5.11. The van der Waals surface area contributed by atoms with Gasteiger partial charge in [-0.3, -0.25) is 0 Å². The summed E-state index contributed by atoms with van der Waals surface area (Å²) in [6, 6.07) is 11.1. The molecule has 0 bridgehead atoms. The van der Waals surface area contributed by atoms with Gasteiger partial charge in [-0.25, -0.2) is 0 Å². The Morgan fingerprint density at radius 3 is 2.75 bits per heavy atom. The summed E-state index contributed by atoms with van der Waals surface area (Å²) >= 11 is 0. The van der Waals surface area contributed by atoms with Crippen LogP contribution in [0.4, 0.5) is 0 Å². The van der Waals surface area contributed by atoms with Gasteiger partial charge in [0.1, 0.15) is 16.9 Å². The lowest BCUT2D eigenvalue weighted by Gasteiger charge is -2.11. The van der Waals surface area contributed by atoms with Crippen LogP contribution in [0.15, 0.2) is 34.7 Å². The van der Waals surface area contributed by atoms with Crippen molar-refractivity contribution in [3.8, 4) is 11.8 Å². The first-order valence-corrected chi connectivity index (χ1v) is 6.74. The van der Waals surface area contributed by atoms with Gasteiger partial charge >= 0.3 is 0 Å². The molecule has 0 aliphatic carbocycles. The van der Waals surface area contributed by atoms with E-state index in [0.717, 1.165) is 33.9 Å². The predicted octanol–water partition coefficient (Wildman–Crippen LogP) is 4.68. The number of rotatable bonds is 2. The molecule has 3 aromatic rings. The molecule has 1 aromatic heterocycles. The van der Waals surface area contributed by atoms with Gasteiger partial charge in [0, 0.05) is 16.3 Å². The molecular formula is C17H15NO2. The fourth-order valence-corrected chi connectivity index (χ4v) is 2.60. The standard InChI is InChI=1S/C17H15NO2/c1-3-10(2)16-14(19)6-5-12-13-8-11(9-18)4-7-15(13)20-17(12)16/h4-8,10,19H,3H2,1-2H3/t10-/m1/s1. The van der Waals surface area contributed by atoms with Crippen molar-refractivity contribution in [2.45, 2.75) is 26.2 Å². The number of phenolic OH excluding ortho intramolecular Hbond substituents is 1. The van der Waals surface area contributed by atoms with Crippen molar-refractivity contribution in [2.24, 2.45) is 0 Å². The van der Waals surface area contributed by atoms with Crippen LogP contribution < -0.4 is 0 Å².